The minimum Gasteiger partial charge on any atom is -0.389 e. The van der Waals surface area contributed by atoms with Crippen LogP contribution in [0.1, 0.15) is 30.5 Å². The molecule has 10 nitrogen and oxygen atoms in total. The highest BCUT2D eigenvalue weighted by atomic mass is 32.2. The smallest absolute Gasteiger partial charge is 0.389 e. The van der Waals surface area contributed by atoms with Gasteiger partial charge in [-0.15, -0.1) is 0 Å². The van der Waals surface area contributed by atoms with E-state index in [0.29, 0.717) is 30.5 Å². The topological polar surface area (TPSA) is 132 Å². The fraction of sp³-hybridized carbons (Fsp3) is 0.375. The molecule has 2 aromatic heterocycles. The van der Waals surface area contributed by atoms with Crippen LogP contribution in [0.2, 0.25) is 0 Å². The average molecular weight is 554 g/mol. The molecule has 0 fully saturated rings. The van der Waals surface area contributed by atoms with Crippen molar-refractivity contribution in [2.24, 2.45) is 0 Å². The van der Waals surface area contributed by atoms with E-state index in [1.165, 1.54) is 13.2 Å². The van der Waals surface area contributed by atoms with Gasteiger partial charge in [-0.3, -0.25) is 4.31 Å². The largest absolute Gasteiger partial charge is 0.421 e. The van der Waals surface area contributed by atoms with E-state index in [4.69, 9.17) is 0 Å². The molecule has 14 heteroatoms. The van der Waals surface area contributed by atoms with Gasteiger partial charge in [0, 0.05) is 50.3 Å². The Labute approximate surface area is 219 Å². The van der Waals surface area contributed by atoms with E-state index in [1.807, 2.05) is 12.1 Å². The van der Waals surface area contributed by atoms with Gasteiger partial charge in [-0.1, -0.05) is 18.2 Å². The summed E-state index contributed by atoms with van der Waals surface area (Å²) < 4.78 is 65.8. The quantitative estimate of drug-likeness (QED) is 0.282. The van der Waals surface area contributed by atoms with Crippen LogP contribution < -0.4 is 20.3 Å². The highest BCUT2D eigenvalue weighted by Crippen LogP contribution is 2.34. The van der Waals surface area contributed by atoms with E-state index < -0.39 is 33.2 Å². The van der Waals surface area contributed by atoms with E-state index in [0.717, 1.165) is 16.1 Å². The van der Waals surface area contributed by atoms with Gasteiger partial charge in [-0.25, -0.2) is 18.4 Å². The van der Waals surface area contributed by atoms with Crippen LogP contribution in [0, 0.1) is 0 Å². The van der Waals surface area contributed by atoms with Gasteiger partial charge in [0.1, 0.15) is 17.2 Å². The number of benzene rings is 1. The van der Waals surface area contributed by atoms with E-state index in [1.54, 1.807) is 38.1 Å². The van der Waals surface area contributed by atoms with Crippen LogP contribution in [0.3, 0.4) is 0 Å². The lowest BCUT2D eigenvalue weighted by atomic mass is 10.1. The maximum absolute atomic E-state index is 13.7. The van der Waals surface area contributed by atoms with Crippen molar-refractivity contribution in [2.75, 3.05) is 34.8 Å². The van der Waals surface area contributed by atoms with Crippen LogP contribution in [-0.2, 0) is 29.3 Å². The lowest BCUT2D eigenvalue weighted by Gasteiger charge is -2.20. The van der Waals surface area contributed by atoms with Gasteiger partial charge in [0.2, 0.25) is 16.0 Å². The normalized spacial score (nSPS) is 12.3. The predicted octanol–water partition coefficient (Wildman–Crippen LogP) is 3.50. The molecule has 4 N–H and O–H groups in total. The van der Waals surface area contributed by atoms with Crippen LogP contribution in [0.15, 0.2) is 48.8 Å². The molecule has 3 aromatic rings. The molecule has 0 amide bonds. The maximum Gasteiger partial charge on any atom is 0.421 e. The Bertz CT molecular complexity index is 1350. The molecule has 0 aliphatic rings. The first-order valence-corrected chi connectivity index (χ1v) is 13.3. The summed E-state index contributed by atoms with van der Waals surface area (Å²) in [6.45, 7) is 4.16. The molecule has 0 saturated carbocycles. The standard InChI is InChI=1S/C24H30F3N7O3S/c1-23(2,35)15-28-12-16-7-9-18(10-8-16)32-22-31-14-19(24(25,26)27)20(33-22)30-13-17-6-5-11-29-21(17)34(3)38(4,36)37/h5-11,14,28,35H,12-13,15H2,1-4H3,(H2,30,31,32,33). The van der Waals surface area contributed by atoms with Gasteiger partial charge in [-0.2, -0.15) is 18.2 Å². The minimum atomic E-state index is -4.72. The molecular weight excluding hydrogens is 523 g/mol. The lowest BCUT2D eigenvalue weighted by Crippen LogP contribution is -2.34. The molecule has 0 spiro atoms. The zero-order chi connectivity index (χ0) is 28.1. The Morgan fingerprint density at radius 1 is 1.05 bits per heavy atom. The Hall–Kier alpha value is -3.49. The molecule has 0 aliphatic carbocycles. The van der Waals surface area contributed by atoms with Gasteiger partial charge >= 0.3 is 6.18 Å². The van der Waals surface area contributed by atoms with Crippen LogP contribution >= 0.6 is 0 Å². The first-order valence-electron chi connectivity index (χ1n) is 11.5. The van der Waals surface area contributed by atoms with Crippen LogP contribution in [0.5, 0.6) is 0 Å². The molecule has 38 heavy (non-hydrogen) atoms. The zero-order valence-electron chi connectivity index (χ0n) is 21.3. The second kappa shape index (κ2) is 11.5. The second-order valence-corrected chi connectivity index (χ2v) is 11.3. The Balaban J connectivity index is 1.78. The van der Waals surface area contributed by atoms with Crippen molar-refractivity contribution in [3.63, 3.8) is 0 Å². The zero-order valence-corrected chi connectivity index (χ0v) is 22.2. The number of nitrogens with one attached hydrogen (secondary N) is 3. The van der Waals surface area contributed by atoms with Crippen molar-refractivity contribution in [3.8, 4) is 0 Å². The van der Waals surface area contributed by atoms with Crippen LogP contribution in [0.25, 0.3) is 0 Å². The van der Waals surface area contributed by atoms with Crippen molar-refractivity contribution in [1.29, 1.82) is 0 Å². The Morgan fingerprint density at radius 2 is 1.74 bits per heavy atom. The molecule has 206 valence electrons. The van der Waals surface area contributed by atoms with Crippen molar-refractivity contribution in [2.45, 2.75) is 38.7 Å². The summed E-state index contributed by atoms with van der Waals surface area (Å²) in [6.07, 6.45) is -1.65. The summed E-state index contributed by atoms with van der Waals surface area (Å²) in [5.74, 6) is -0.451. The average Bonchev–Trinajstić information content (AvgIpc) is 2.81. The van der Waals surface area contributed by atoms with Crippen LogP contribution in [0.4, 0.5) is 36.4 Å². The number of anilines is 4. The number of aliphatic hydroxyl groups is 1. The number of aromatic nitrogens is 3. The number of sulfonamides is 1. The molecular formula is C24H30F3N7O3S. The highest BCUT2D eigenvalue weighted by Gasteiger charge is 2.35. The fourth-order valence-electron chi connectivity index (χ4n) is 3.32. The number of pyridine rings is 1. The summed E-state index contributed by atoms with van der Waals surface area (Å²) in [6, 6.07) is 10.2. The number of rotatable bonds is 11. The third-order valence-corrected chi connectivity index (χ3v) is 6.47. The van der Waals surface area contributed by atoms with Gasteiger partial charge in [0.15, 0.2) is 0 Å². The SMILES string of the molecule is CN(c1ncccc1CNc1nc(Nc2ccc(CNCC(C)(C)O)cc2)ncc1C(F)(F)F)S(C)(=O)=O. The van der Waals surface area contributed by atoms with Crippen molar-refractivity contribution in [1.82, 2.24) is 20.3 Å². The maximum atomic E-state index is 13.7. The van der Waals surface area contributed by atoms with E-state index in [2.05, 4.69) is 30.9 Å². The summed E-state index contributed by atoms with van der Waals surface area (Å²) in [4.78, 5) is 11.9. The van der Waals surface area contributed by atoms with Crippen LogP contribution in [-0.4, -0.2) is 53.9 Å². The summed E-state index contributed by atoms with van der Waals surface area (Å²) in [5.41, 5.74) is -0.0446. The third-order valence-electron chi connectivity index (χ3n) is 5.30. The molecule has 2 heterocycles. The molecule has 0 bridgehead atoms. The first kappa shape index (κ1) is 29.1. The molecule has 0 unspecified atom stereocenters. The van der Waals surface area contributed by atoms with Crippen molar-refractivity contribution in [3.05, 3.63) is 65.5 Å². The Morgan fingerprint density at radius 3 is 2.34 bits per heavy atom. The monoisotopic (exact) mass is 553 g/mol. The molecule has 3 rings (SSSR count). The summed E-state index contributed by atoms with van der Waals surface area (Å²) in [5, 5.41) is 18.5. The highest BCUT2D eigenvalue weighted by molar-refractivity contribution is 7.92. The lowest BCUT2D eigenvalue weighted by molar-refractivity contribution is -0.137. The van der Waals surface area contributed by atoms with E-state index in [-0.39, 0.29) is 18.3 Å². The summed E-state index contributed by atoms with van der Waals surface area (Å²) >= 11 is 0. The number of nitrogens with zero attached hydrogens (tertiary/aromatic N) is 4. The van der Waals surface area contributed by atoms with E-state index in [9.17, 15) is 26.7 Å². The molecule has 0 saturated heterocycles. The van der Waals surface area contributed by atoms with Gasteiger partial charge in [0.25, 0.3) is 0 Å². The summed E-state index contributed by atoms with van der Waals surface area (Å²) in [7, 11) is -2.33. The molecule has 0 radical (unpaired) electrons. The Kier molecular flexibility index (Phi) is 8.79. The van der Waals surface area contributed by atoms with Gasteiger partial charge < -0.3 is 21.1 Å². The third kappa shape index (κ3) is 8.26. The number of hydrogen-bond donors (Lipinski definition) is 4. The first-order chi connectivity index (χ1) is 17.6. The van der Waals surface area contributed by atoms with E-state index >= 15 is 0 Å². The second-order valence-electron chi connectivity index (χ2n) is 9.26. The molecule has 1 aromatic carbocycles. The number of hydrogen-bond acceptors (Lipinski definition) is 9. The predicted molar refractivity (Wildman–Crippen MR) is 140 cm³/mol. The van der Waals surface area contributed by atoms with Gasteiger partial charge in [0.05, 0.1) is 11.9 Å². The molecule has 0 aliphatic heterocycles. The fourth-order valence-corrected chi connectivity index (χ4v) is 3.80. The van der Waals surface area contributed by atoms with Crippen molar-refractivity contribution < 1.29 is 26.7 Å². The number of halogens is 3. The minimum absolute atomic E-state index is 0.0620. The molecule has 0 atom stereocenters. The number of alkyl halides is 3. The van der Waals surface area contributed by atoms with Crippen molar-refractivity contribution >= 4 is 33.3 Å². The van der Waals surface area contributed by atoms with Gasteiger partial charge in [-0.05, 0) is 37.6 Å².